The van der Waals surface area contributed by atoms with Crippen LogP contribution in [0, 0.1) is 22.7 Å². The van der Waals surface area contributed by atoms with Crippen LogP contribution in [-0.2, 0) is 7.05 Å². The fourth-order valence-electron chi connectivity index (χ4n) is 1.06. The molecule has 1 aromatic rings. The zero-order valence-electron chi connectivity index (χ0n) is 7.44. The highest BCUT2D eigenvalue weighted by Gasteiger charge is 2.06. The Kier molecular flexibility index (Phi) is 2.47. The zero-order valence-corrected chi connectivity index (χ0v) is 7.44. The topological polar surface area (TPSA) is 65.4 Å². The second kappa shape index (κ2) is 3.55. The molecule has 4 heteroatoms. The van der Waals surface area contributed by atoms with Crippen LogP contribution in [0.25, 0.3) is 5.57 Å². The molecule has 0 radical (unpaired) electrons. The fourth-order valence-corrected chi connectivity index (χ4v) is 1.06. The zero-order chi connectivity index (χ0) is 9.84. The number of aromatic nitrogens is 2. The van der Waals surface area contributed by atoms with Gasteiger partial charge in [0.15, 0.2) is 0 Å². The molecule has 0 aliphatic rings. The number of hydrogen-bond acceptors (Lipinski definition) is 3. The number of hydrogen-bond donors (Lipinski definition) is 0. The van der Waals surface area contributed by atoms with E-state index in [1.807, 2.05) is 12.1 Å². The standard InChI is InChI=1S/C9H8N4/c1-7(8(5-10)6-11)9-3-4-12-13(9)2/h3-4H,1-2H3. The first kappa shape index (κ1) is 9.02. The SMILES string of the molecule is CC(=C(C#N)C#N)c1ccnn1C. The van der Waals surface area contributed by atoms with Gasteiger partial charge in [-0.3, -0.25) is 4.68 Å². The smallest absolute Gasteiger partial charge is 0.134 e. The first-order valence-electron chi connectivity index (χ1n) is 3.70. The minimum absolute atomic E-state index is 0.128. The van der Waals surface area contributed by atoms with Gasteiger partial charge >= 0.3 is 0 Å². The van der Waals surface area contributed by atoms with Crippen LogP contribution in [0.3, 0.4) is 0 Å². The van der Waals surface area contributed by atoms with Crippen LogP contribution in [0.1, 0.15) is 12.6 Å². The average Bonchev–Trinajstić information content (AvgIpc) is 2.53. The molecule has 0 saturated heterocycles. The molecule has 0 aliphatic heterocycles. The fraction of sp³-hybridized carbons (Fsp3) is 0.222. The molecular formula is C9H8N4. The highest BCUT2D eigenvalue weighted by Crippen LogP contribution is 2.15. The number of nitriles is 2. The van der Waals surface area contributed by atoms with Crippen molar-refractivity contribution in [2.45, 2.75) is 6.92 Å². The minimum atomic E-state index is 0.128. The third kappa shape index (κ3) is 1.57. The van der Waals surface area contributed by atoms with Gasteiger partial charge in [-0.15, -0.1) is 0 Å². The molecule has 0 unspecified atom stereocenters. The lowest BCUT2D eigenvalue weighted by Crippen LogP contribution is -1.96. The summed E-state index contributed by atoms with van der Waals surface area (Å²) in [5.74, 6) is 0. The molecule has 0 aliphatic carbocycles. The monoisotopic (exact) mass is 172 g/mol. The minimum Gasteiger partial charge on any atom is -0.268 e. The largest absolute Gasteiger partial charge is 0.268 e. The lowest BCUT2D eigenvalue weighted by Gasteiger charge is -2.00. The summed E-state index contributed by atoms with van der Waals surface area (Å²) in [6, 6.07) is 5.46. The van der Waals surface area contributed by atoms with Crippen molar-refractivity contribution in [2.75, 3.05) is 0 Å². The highest BCUT2D eigenvalue weighted by molar-refractivity contribution is 5.71. The maximum atomic E-state index is 8.63. The molecule has 4 nitrogen and oxygen atoms in total. The van der Waals surface area contributed by atoms with Crippen molar-refractivity contribution in [1.82, 2.24) is 9.78 Å². The molecule has 1 aromatic heterocycles. The molecular weight excluding hydrogens is 164 g/mol. The number of allylic oxidation sites excluding steroid dienone is 2. The van der Waals surface area contributed by atoms with Crippen molar-refractivity contribution in [3.8, 4) is 12.1 Å². The quantitative estimate of drug-likeness (QED) is 0.598. The summed E-state index contributed by atoms with van der Waals surface area (Å²) < 4.78 is 1.63. The van der Waals surface area contributed by atoms with Crippen LogP contribution >= 0.6 is 0 Å². The van der Waals surface area contributed by atoms with E-state index in [4.69, 9.17) is 10.5 Å². The molecule has 0 fully saturated rings. The first-order chi connectivity index (χ1) is 6.20. The van der Waals surface area contributed by atoms with E-state index in [9.17, 15) is 0 Å². The third-order valence-corrected chi connectivity index (χ3v) is 1.80. The lowest BCUT2D eigenvalue weighted by molar-refractivity contribution is 0.755. The Morgan fingerprint density at radius 1 is 1.46 bits per heavy atom. The number of rotatable bonds is 1. The Morgan fingerprint density at radius 3 is 2.46 bits per heavy atom. The van der Waals surface area contributed by atoms with E-state index in [2.05, 4.69) is 5.10 Å². The van der Waals surface area contributed by atoms with Gasteiger partial charge in [0, 0.05) is 18.8 Å². The molecule has 0 atom stereocenters. The highest BCUT2D eigenvalue weighted by atomic mass is 15.3. The average molecular weight is 172 g/mol. The van der Waals surface area contributed by atoms with Crippen LogP contribution in [0.15, 0.2) is 17.8 Å². The van der Waals surface area contributed by atoms with Gasteiger partial charge in [0.1, 0.15) is 17.7 Å². The second-order valence-electron chi connectivity index (χ2n) is 2.56. The summed E-state index contributed by atoms with van der Waals surface area (Å²) >= 11 is 0. The van der Waals surface area contributed by atoms with Crippen molar-refractivity contribution in [1.29, 1.82) is 10.5 Å². The van der Waals surface area contributed by atoms with Crippen molar-refractivity contribution in [2.24, 2.45) is 7.05 Å². The maximum Gasteiger partial charge on any atom is 0.134 e. The van der Waals surface area contributed by atoms with Gasteiger partial charge in [0.05, 0.1) is 5.69 Å². The van der Waals surface area contributed by atoms with Gasteiger partial charge in [-0.2, -0.15) is 15.6 Å². The van der Waals surface area contributed by atoms with Crippen LogP contribution in [0.5, 0.6) is 0 Å². The van der Waals surface area contributed by atoms with Crippen molar-refractivity contribution < 1.29 is 0 Å². The van der Waals surface area contributed by atoms with E-state index < -0.39 is 0 Å². The molecule has 0 bridgehead atoms. The van der Waals surface area contributed by atoms with Gasteiger partial charge in [-0.05, 0) is 13.0 Å². The van der Waals surface area contributed by atoms with Crippen LogP contribution in [0.2, 0.25) is 0 Å². The summed E-state index contributed by atoms with van der Waals surface area (Å²) in [4.78, 5) is 0. The number of nitrogens with zero attached hydrogens (tertiary/aromatic N) is 4. The lowest BCUT2D eigenvalue weighted by atomic mass is 10.1. The van der Waals surface area contributed by atoms with Crippen molar-refractivity contribution in [3.05, 3.63) is 23.5 Å². The Labute approximate surface area is 76.3 Å². The normalized spacial score (nSPS) is 8.62. The van der Waals surface area contributed by atoms with Crippen LogP contribution in [0.4, 0.5) is 0 Å². The molecule has 1 rings (SSSR count). The molecule has 0 spiro atoms. The maximum absolute atomic E-state index is 8.63. The molecule has 64 valence electrons. The second-order valence-corrected chi connectivity index (χ2v) is 2.56. The van der Waals surface area contributed by atoms with Gasteiger partial charge in [-0.1, -0.05) is 0 Å². The number of aryl methyl sites for hydroxylation is 1. The Morgan fingerprint density at radius 2 is 2.08 bits per heavy atom. The Bertz CT molecular complexity index is 409. The Hall–Kier alpha value is -2.07. The van der Waals surface area contributed by atoms with Crippen LogP contribution in [-0.4, -0.2) is 9.78 Å². The Balaban J connectivity index is 3.28. The van der Waals surface area contributed by atoms with Gasteiger partial charge in [0.2, 0.25) is 0 Å². The van der Waals surface area contributed by atoms with E-state index in [-0.39, 0.29) is 5.57 Å². The van der Waals surface area contributed by atoms with Crippen LogP contribution < -0.4 is 0 Å². The summed E-state index contributed by atoms with van der Waals surface area (Å²) in [5, 5.41) is 21.2. The third-order valence-electron chi connectivity index (χ3n) is 1.80. The molecule has 0 saturated carbocycles. The first-order valence-corrected chi connectivity index (χ1v) is 3.70. The van der Waals surface area contributed by atoms with E-state index in [1.54, 1.807) is 30.9 Å². The van der Waals surface area contributed by atoms with Gasteiger partial charge in [-0.25, -0.2) is 0 Å². The predicted octanol–water partition coefficient (Wildman–Crippen LogP) is 1.24. The predicted molar refractivity (Wildman–Crippen MR) is 47.0 cm³/mol. The van der Waals surface area contributed by atoms with E-state index in [0.717, 1.165) is 5.69 Å². The summed E-state index contributed by atoms with van der Waals surface area (Å²) in [7, 11) is 1.77. The summed E-state index contributed by atoms with van der Waals surface area (Å²) in [5.41, 5.74) is 1.58. The molecule has 1 heterocycles. The van der Waals surface area contributed by atoms with E-state index in [0.29, 0.717) is 5.57 Å². The molecule has 0 amide bonds. The van der Waals surface area contributed by atoms with E-state index in [1.165, 1.54) is 0 Å². The van der Waals surface area contributed by atoms with Gasteiger partial charge < -0.3 is 0 Å². The summed E-state index contributed by atoms with van der Waals surface area (Å²) in [6.45, 7) is 1.73. The van der Waals surface area contributed by atoms with Gasteiger partial charge in [0.25, 0.3) is 0 Å². The van der Waals surface area contributed by atoms with Crippen molar-refractivity contribution in [3.63, 3.8) is 0 Å². The van der Waals surface area contributed by atoms with Crippen molar-refractivity contribution >= 4 is 5.57 Å². The molecule has 0 aromatic carbocycles. The van der Waals surface area contributed by atoms with E-state index >= 15 is 0 Å². The summed E-state index contributed by atoms with van der Waals surface area (Å²) in [6.07, 6.45) is 1.63. The molecule has 13 heavy (non-hydrogen) atoms. The molecule has 0 N–H and O–H groups in total.